The molecule has 1 spiro atoms. The van der Waals surface area contributed by atoms with Crippen molar-refractivity contribution < 1.29 is 0 Å². The van der Waals surface area contributed by atoms with Gasteiger partial charge in [-0.1, -0.05) is 36.6 Å². The Morgan fingerprint density at radius 2 is 2.06 bits per heavy atom. The van der Waals surface area contributed by atoms with E-state index in [1.54, 1.807) is 0 Å². The van der Waals surface area contributed by atoms with Crippen LogP contribution in [0.1, 0.15) is 37.2 Å². The van der Waals surface area contributed by atoms with Gasteiger partial charge in [-0.2, -0.15) is 0 Å². The molecule has 0 amide bonds. The number of hydrogen-bond acceptors (Lipinski definition) is 1. The molecule has 86 valence electrons. The molecule has 0 bridgehead atoms. The topological polar surface area (TPSA) is 12.0 Å². The number of halogens is 1. The molecule has 1 aliphatic heterocycles. The van der Waals surface area contributed by atoms with E-state index in [1.165, 1.54) is 37.8 Å². The lowest BCUT2D eigenvalue weighted by Gasteiger charge is -2.30. The van der Waals surface area contributed by atoms with E-state index in [1.807, 2.05) is 6.07 Å². The largest absolute Gasteiger partial charge is 0.316 e. The van der Waals surface area contributed by atoms with Gasteiger partial charge in [0.25, 0.3) is 0 Å². The zero-order valence-corrected chi connectivity index (χ0v) is 10.3. The predicted octanol–water partition coefficient (Wildman–Crippen LogP) is 3.59. The van der Waals surface area contributed by atoms with Gasteiger partial charge in [-0.15, -0.1) is 0 Å². The Morgan fingerprint density at radius 3 is 2.81 bits per heavy atom. The third-order valence-electron chi connectivity index (χ3n) is 4.42. The van der Waals surface area contributed by atoms with Crippen molar-refractivity contribution in [2.24, 2.45) is 5.41 Å². The molecular formula is C14H18ClN. The highest BCUT2D eigenvalue weighted by Gasteiger charge is 2.45. The van der Waals surface area contributed by atoms with Gasteiger partial charge in [-0.05, 0) is 36.0 Å². The molecule has 2 fully saturated rings. The first kappa shape index (κ1) is 10.6. The molecule has 0 radical (unpaired) electrons. The Hall–Kier alpha value is -0.530. The summed E-state index contributed by atoms with van der Waals surface area (Å²) in [6, 6.07) is 8.44. The van der Waals surface area contributed by atoms with Crippen molar-refractivity contribution in [1.82, 2.24) is 5.32 Å². The van der Waals surface area contributed by atoms with E-state index in [9.17, 15) is 0 Å². The highest BCUT2D eigenvalue weighted by atomic mass is 35.5. The van der Waals surface area contributed by atoms with Crippen LogP contribution in [0.15, 0.2) is 24.3 Å². The zero-order valence-electron chi connectivity index (χ0n) is 9.51. The Morgan fingerprint density at radius 1 is 1.25 bits per heavy atom. The van der Waals surface area contributed by atoms with Gasteiger partial charge in [0.05, 0.1) is 0 Å². The van der Waals surface area contributed by atoms with Crippen LogP contribution in [0, 0.1) is 5.41 Å². The minimum atomic E-state index is 0.532. The monoisotopic (exact) mass is 235 g/mol. The molecule has 1 nitrogen and oxygen atoms in total. The molecule has 1 unspecified atom stereocenters. The Labute approximate surface area is 102 Å². The molecule has 1 N–H and O–H groups in total. The fourth-order valence-corrected chi connectivity index (χ4v) is 3.80. The average Bonchev–Trinajstić information content (AvgIpc) is 2.90. The summed E-state index contributed by atoms with van der Waals surface area (Å²) in [7, 11) is 0. The second-order valence-electron chi connectivity index (χ2n) is 5.31. The maximum atomic E-state index is 6.10. The molecule has 1 aromatic carbocycles. The third-order valence-corrected chi connectivity index (χ3v) is 4.65. The van der Waals surface area contributed by atoms with Crippen LogP contribution in [-0.2, 0) is 0 Å². The molecule has 1 atom stereocenters. The highest BCUT2D eigenvalue weighted by Crippen LogP contribution is 2.50. The first-order valence-electron chi connectivity index (χ1n) is 6.26. The second-order valence-corrected chi connectivity index (χ2v) is 5.74. The molecule has 1 heterocycles. The van der Waals surface area contributed by atoms with Gasteiger partial charge in [0, 0.05) is 24.0 Å². The third kappa shape index (κ3) is 1.66. The smallest absolute Gasteiger partial charge is 0.0408 e. The van der Waals surface area contributed by atoms with E-state index in [0.717, 1.165) is 11.6 Å². The van der Waals surface area contributed by atoms with Crippen LogP contribution in [0.5, 0.6) is 0 Å². The lowest BCUT2D eigenvalue weighted by atomic mass is 9.73. The molecule has 0 aromatic heterocycles. The molecule has 3 rings (SSSR count). The van der Waals surface area contributed by atoms with Crippen molar-refractivity contribution in [2.45, 2.75) is 31.6 Å². The van der Waals surface area contributed by atoms with Gasteiger partial charge in [0.15, 0.2) is 0 Å². The summed E-state index contributed by atoms with van der Waals surface area (Å²) >= 11 is 6.10. The van der Waals surface area contributed by atoms with Crippen LogP contribution in [-0.4, -0.2) is 13.1 Å². The summed E-state index contributed by atoms with van der Waals surface area (Å²) in [5.74, 6) is 0.675. The number of rotatable bonds is 1. The first-order valence-corrected chi connectivity index (χ1v) is 6.64. The molecule has 16 heavy (non-hydrogen) atoms. The van der Waals surface area contributed by atoms with E-state index in [2.05, 4.69) is 23.5 Å². The molecule has 1 saturated carbocycles. The Bertz CT molecular complexity index is 377. The molecule has 1 aromatic rings. The van der Waals surface area contributed by atoms with Gasteiger partial charge in [0.1, 0.15) is 0 Å². The number of nitrogens with one attached hydrogen (secondary N) is 1. The van der Waals surface area contributed by atoms with E-state index in [-0.39, 0.29) is 0 Å². The first-order chi connectivity index (χ1) is 7.80. The van der Waals surface area contributed by atoms with E-state index >= 15 is 0 Å². The van der Waals surface area contributed by atoms with E-state index < -0.39 is 0 Å². The van der Waals surface area contributed by atoms with Crippen LogP contribution in [0.2, 0.25) is 5.02 Å². The number of benzene rings is 1. The summed E-state index contributed by atoms with van der Waals surface area (Å²) in [5.41, 5.74) is 1.96. The summed E-state index contributed by atoms with van der Waals surface area (Å²) in [6.07, 6.45) is 5.58. The standard InChI is InChI=1S/C14H18ClN/c15-12-5-3-4-11(8-12)13-9-16-10-14(13)6-1-2-7-14/h3-5,8,13,16H,1-2,6-7,9-10H2. The molecule has 2 aliphatic rings. The van der Waals surface area contributed by atoms with Crippen molar-refractivity contribution in [1.29, 1.82) is 0 Å². The van der Waals surface area contributed by atoms with Gasteiger partial charge in [0.2, 0.25) is 0 Å². The summed E-state index contributed by atoms with van der Waals surface area (Å²) in [6.45, 7) is 2.32. The molecule has 1 saturated heterocycles. The van der Waals surface area contributed by atoms with Crippen LogP contribution in [0.25, 0.3) is 0 Å². The van der Waals surface area contributed by atoms with Crippen molar-refractivity contribution >= 4 is 11.6 Å². The normalized spacial score (nSPS) is 27.7. The maximum absolute atomic E-state index is 6.10. The van der Waals surface area contributed by atoms with Crippen molar-refractivity contribution in [3.8, 4) is 0 Å². The predicted molar refractivity (Wildman–Crippen MR) is 68.0 cm³/mol. The summed E-state index contributed by atoms with van der Waals surface area (Å²) in [4.78, 5) is 0. The van der Waals surface area contributed by atoms with Gasteiger partial charge in [-0.3, -0.25) is 0 Å². The summed E-state index contributed by atoms with van der Waals surface area (Å²) in [5, 5.41) is 4.45. The van der Waals surface area contributed by atoms with Crippen molar-refractivity contribution in [3.05, 3.63) is 34.9 Å². The second kappa shape index (κ2) is 4.05. The fraction of sp³-hybridized carbons (Fsp3) is 0.571. The van der Waals surface area contributed by atoms with Crippen molar-refractivity contribution in [3.63, 3.8) is 0 Å². The average molecular weight is 236 g/mol. The maximum Gasteiger partial charge on any atom is 0.0408 e. The van der Waals surface area contributed by atoms with Crippen LogP contribution >= 0.6 is 11.6 Å². The minimum Gasteiger partial charge on any atom is -0.316 e. The minimum absolute atomic E-state index is 0.532. The van der Waals surface area contributed by atoms with E-state index in [4.69, 9.17) is 11.6 Å². The highest BCUT2D eigenvalue weighted by molar-refractivity contribution is 6.30. The fourth-order valence-electron chi connectivity index (χ4n) is 3.60. The lowest BCUT2D eigenvalue weighted by Crippen LogP contribution is -2.25. The molecule has 2 heteroatoms. The zero-order chi connectivity index (χ0) is 11.0. The van der Waals surface area contributed by atoms with Crippen LogP contribution < -0.4 is 5.32 Å². The molecular weight excluding hydrogens is 218 g/mol. The molecule has 1 aliphatic carbocycles. The number of hydrogen-bond donors (Lipinski definition) is 1. The lowest BCUT2D eigenvalue weighted by molar-refractivity contribution is 0.295. The van der Waals surface area contributed by atoms with Crippen LogP contribution in [0.4, 0.5) is 0 Å². The van der Waals surface area contributed by atoms with E-state index in [0.29, 0.717) is 11.3 Å². The van der Waals surface area contributed by atoms with Crippen molar-refractivity contribution in [2.75, 3.05) is 13.1 Å². The van der Waals surface area contributed by atoms with Crippen LogP contribution in [0.3, 0.4) is 0 Å². The van der Waals surface area contributed by atoms with Gasteiger partial charge in [-0.25, -0.2) is 0 Å². The Kier molecular flexibility index (Phi) is 2.68. The summed E-state index contributed by atoms with van der Waals surface area (Å²) < 4.78 is 0. The Balaban J connectivity index is 1.94. The van der Waals surface area contributed by atoms with Gasteiger partial charge < -0.3 is 5.32 Å². The quantitative estimate of drug-likeness (QED) is 0.785. The SMILES string of the molecule is Clc1cccc(C2CNCC23CCCC3)c1. The van der Waals surface area contributed by atoms with Gasteiger partial charge >= 0.3 is 0 Å².